The van der Waals surface area contributed by atoms with E-state index in [1.54, 1.807) is 11.3 Å². The molecule has 0 unspecified atom stereocenters. The van der Waals surface area contributed by atoms with E-state index in [-0.39, 0.29) is 0 Å². The lowest BCUT2D eigenvalue weighted by Crippen LogP contribution is -2.01. The molecule has 7 heteroatoms. The van der Waals surface area contributed by atoms with Gasteiger partial charge in [0.05, 0.1) is 10.7 Å². The summed E-state index contributed by atoms with van der Waals surface area (Å²) in [6, 6.07) is 8.21. The van der Waals surface area contributed by atoms with Crippen molar-refractivity contribution in [3.8, 4) is 34.2 Å². The molecule has 3 heterocycles. The molecule has 0 bridgehead atoms. The molecule has 0 spiro atoms. The second kappa shape index (κ2) is 6.38. The third-order valence-corrected chi connectivity index (χ3v) is 6.58. The summed E-state index contributed by atoms with van der Waals surface area (Å²) in [5.74, 6) is 1.78. The van der Waals surface area contributed by atoms with Gasteiger partial charge in [0.15, 0.2) is 5.69 Å². The monoisotopic (exact) mass is 389 g/mol. The Balaban J connectivity index is 1.27. The first-order chi connectivity index (χ1) is 13.8. The number of aromatic amines is 1. The minimum atomic E-state index is 0.493. The van der Waals surface area contributed by atoms with E-state index in [0.29, 0.717) is 17.6 Å². The highest BCUT2D eigenvalue weighted by atomic mass is 32.1. The van der Waals surface area contributed by atoms with Gasteiger partial charge < -0.3 is 4.52 Å². The van der Waals surface area contributed by atoms with Crippen molar-refractivity contribution in [3.63, 3.8) is 0 Å². The van der Waals surface area contributed by atoms with Crippen LogP contribution in [0.1, 0.15) is 47.9 Å². The number of hydrogen-bond acceptors (Lipinski definition) is 6. The SMILES string of the molecule is c1cc(-c2noc(-c3n[nH]c4c3CCCC4)n2)ccc1-c1csc(C2CC2)n1. The van der Waals surface area contributed by atoms with E-state index in [2.05, 4.69) is 37.9 Å². The fourth-order valence-corrected chi connectivity index (χ4v) is 4.82. The molecule has 0 amide bonds. The van der Waals surface area contributed by atoms with Gasteiger partial charge in [-0.3, -0.25) is 5.10 Å². The zero-order chi connectivity index (χ0) is 18.5. The maximum absolute atomic E-state index is 5.53. The molecule has 6 rings (SSSR count). The number of hydrogen-bond donors (Lipinski definition) is 1. The molecule has 4 aromatic rings. The summed E-state index contributed by atoms with van der Waals surface area (Å²) in [6.45, 7) is 0. The Labute approximate surface area is 166 Å². The Morgan fingerprint density at radius 3 is 2.68 bits per heavy atom. The fraction of sp³-hybridized carbons (Fsp3) is 0.333. The van der Waals surface area contributed by atoms with E-state index in [0.717, 1.165) is 35.4 Å². The van der Waals surface area contributed by atoms with Gasteiger partial charge >= 0.3 is 0 Å². The Bertz CT molecular complexity index is 1140. The van der Waals surface area contributed by atoms with Gasteiger partial charge in [0.2, 0.25) is 5.82 Å². The minimum Gasteiger partial charge on any atom is -0.332 e. The Kier molecular flexibility index (Phi) is 3.68. The number of benzene rings is 1. The molecular weight excluding hydrogens is 370 g/mol. The van der Waals surface area contributed by atoms with Crippen molar-refractivity contribution in [1.29, 1.82) is 0 Å². The van der Waals surface area contributed by atoms with Crippen molar-refractivity contribution in [2.45, 2.75) is 44.4 Å². The molecule has 28 heavy (non-hydrogen) atoms. The summed E-state index contributed by atoms with van der Waals surface area (Å²) < 4.78 is 5.53. The van der Waals surface area contributed by atoms with Crippen LogP contribution in [0, 0.1) is 0 Å². The van der Waals surface area contributed by atoms with Gasteiger partial charge in [-0.2, -0.15) is 10.1 Å². The number of rotatable bonds is 4. The van der Waals surface area contributed by atoms with Crippen LogP contribution in [0.5, 0.6) is 0 Å². The van der Waals surface area contributed by atoms with Crippen LogP contribution < -0.4 is 0 Å². The molecule has 0 saturated heterocycles. The van der Waals surface area contributed by atoms with Gasteiger partial charge in [0, 0.05) is 33.7 Å². The summed E-state index contributed by atoms with van der Waals surface area (Å²) >= 11 is 1.77. The molecule has 0 aliphatic heterocycles. The number of nitrogens with one attached hydrogen (secondary N) is 1. The van der Waals surface area contributed by atoms with E-state index < -0.39 is 0 Å². The number of aromatic nitrogens is 5. The van der Waals surface area contributed by atoms with Crippen molar-refractivity contribution in [3.05, 3.63) is 45.9 Å². The molecule has 0 atom stereocenters. The quantitative estimate of drug-likeness (QED) is 0.531. The van der Waals surface area contributed by atoms with Crippen LogP contribution in [0.4, 0.5) is 0 Å². The smallest absolute Gasteiger partial charge is 0.279 e. The number of fused-ring (bicyclic) bond motifs is 1. The summed E-state index contributed by atoms with van der Waals surface area (Å²) in [7, 11) is 0. The van der Waals surface area contributed by atoms with Gasteiger partial charge in [-0.25, -0.2) is 4.98 Å². The number of aryl methyl sites for hydroxylation is 1. The second-order valence-electron chi connectivity index (χ2n) is 7.58. The first-order valence-corrected chi connectivity index (χ1v) is 10.7. The molecule has 1 saturated carbocycles. The van der Waals surface area contributed by atoms with Crippen molar-refractivity contribution < 1.29 is 4.52 Å². The maximum Gasteiger partial charge on any atom is 0.279 e. The Morgan fingerprint density at radius 1 is 1.00 bits per heavy atom. The van der Waals surface area contributed by atoms with Crippen LogP contribution in [-0.2, 0) is 12.8 Å². The largest absolute Gasteiger partial charge is 0.332 e. The van der Waals surface area contributed by atoms with E-state index in [1.807, 2.05) is 12.1 Å². The summed E-state index contributed by atoms with van der Waals surface area (Å²) in [5, 5.41) is 15.1. The Morgan fingerprint density at radius 2 is 1.82 bits per heavy atom. The highest BCUT2D eigenvalue weighted by Gasteiger charge is 2.27. The molecule has 2 aliphatic carbocycles. The van der Waals surface area contributed by atoms with Crippen molar-refractivity contribution >= 4 is 11.3 Å². The van der Waals surface area contributed by atoms with Crippen LogP contribution in [-0.4, -0.2) is 25.3 Å². The molecule has 1 N–H and O–H groups in total. The molecule has 6 nitrogen and oxygen atoms in total. The normalized spacial score (nSPS) is 16.3. The van der Waals surface area contributed by atoms with Crippen LogP contribution in [0.3, 0.4) is 0 Å². The predicted octanol–water partition coefficient (Wildman–Crippen LogP) is 5.01. The predicted molar refractivity (Wildman–Crippen MR) is 107 cm³/mol. The third-order valence-electron chi connectivity index (χ3n) is 5.57. The van der Waals surface area contributed by atoms with E-state index in [4.69, 9.17) is 9.51 Å². The molecule has 1 fully saturated rings. The third kappa shape index (κ3) is 2.77. The van der Waals surface area contributed by atoms with Crippen molar-refractivity contribution in [2.24, 2.45) is 0 Å². The Hall–Kier alpha value is -2.80. The van der Waals surface area contributed by atoms with E-state index in [1.165, 1.54) is 41.9 Å². The first kappa shape index (κ1) is 16.2. The van der Waals surface area contributed by atoms with Crippen LogP contribution in [0.25, 0.3) is 34.2 Å². The van der Waals surface area contributed by atoms with Crippen LogP contribution in [0.2, 0.25) is 0 Å². The zero-order valence-corrected chi connectivity index (χ0v) is 16.1. The summed E-state index contributed by atoms with van der Waals surface area (Å²) in [6.07, 6.45) is 7.02. The highest BCUT2D eigenvalue weighted by Crippen LogP contribution is 2.42. The molecular formula is C21H19N5OS. The van der Waals surface area contributed by atoms with Gasteiger partial charge in [0.1, 0.15) is 0 Å². The lowest BCUT2D eigenvalue weighted by Gasteiger charge is -2.09. The van der Waals surface area contributed by atoms with Crippen LogP contribution in [0.15, 0.2) is 34.2 Å². The van der Waals surface area contributed by atoms with E-state index >= 15 is 0 Å². The average molecular weight is 389 g/mol. The number of H-pyrrole nitrogens is 1. The lowest BCUT2D eigenvalue weighted by molar-refractivity contribution is 0.430. The summed E-state index contributed by atoms with van der Waals surface area (Å²) in [4.78, 5) is 9.38. The number of thiazole rings is 1. The van der Waals surface area contributed by atoms with Gasteiger partial charge in [-0.05, 0) is 38.5 Å². The zero-order valence-electron chi connectivity index (χ0n) is 15.3. The summed E-state index contributed by atoms with van der Waals surface area (Å²) in [5.41, 5.74) is 6.35. The maximum atomic E-state index is 5.53. The molecule has 2 aliphatic rings. The van der Waals surface area contributed by atoms with Crippen LogP contribution >= 0.6 is 11.3 Å². The highest BCUT2D eigenvalue weighted by molar-refractivity contribution is 7.10. The van der Waals surface area contributed by atoms with Gasteiger partial charge in [-0.1, -0.05) is 29.4 Å². The molecule has 3 aromatic heterocycles. The lowest BCUT2D eigenvalue weighted by atomic mass is 9.96. The van der Waals surface area contributed by atoms with Gasteiger partial charge in [0.25, 0.3) is 5.89 Å². The average Bonchev–Trinajstić information content (AvgIpc) is 3.14. The minimum absolute atomic E-state index is 0.493. The fourth-order valence-electron chi connectivity index (χ4n) is 3.82. The standard InChI is InChI=1S/C21H19N5OS/c1-2-4-16-15(3-1)18(25-24-16)20-23-19(26-27-20)13-7-5-12(6-8-13)17-11-28-21(22-17)14-9-10-14/h5-8,11,14H,1-4,9-10H2,(H,24,25). The topological polar surface area (TPSA) is 80.5 Å². The van der Waals surface area contributed by atoms with Gasteiger partial charge in [-0.15, -0.1) is 11.3 Å². The number of nitrogens with zero attached hydrogens (tertiary/aromatic N) is 4. The molecule has 140 valence electrons. The molecule has 1 aromatic carbocycles. The van der Waals surface area contributed by atoms with E-state index in [9.17, 15) is 0 Å². The first-order valence-electron chi connectivity index (χ1n) is 9.81. The second-order valence-corrected chi connectivity index (χ2v) is 8.47. The van der Waals surface area contributed by atoms with Crippen molar-refractivity contribution in [1.82, 2.24) is 25.3 Å². The molecule has 0 radical (unpaired) electrons. The van der Waals surface area contributed by atoms with Crippen molar-refractivity contribution in [2.75, 3.05) is 0 Å².